The molecule has 3 aromatic heterocycles. The molecule has 0 radical (unpaired) electrons. The third-order valence-corrected chi connectivity index (χ3v) is 5.43. The zero-order valence-corrected chi connectivity index (χ0v) is 19.2. The fourth-order valence-corrected chi connectivity index (χ4v) is 3.79. The highest BCUT2D eigenvalue weighted by atomic mass is 35.5. The lowest BCUT2D eigenvalue weighted by atomic mass is 10.1. The van der Waals surface area contributed by atoms with Crippen molar-refractivity contribution in [1.82, 2.24) is 39.3 Å². The number of aromatic amines is 1. The summed E-state index contributed by atoms with van der Waals surface area (Å²) in [6.45, 7) is -0.260. The Bertz CT molecular complexity index is 1510. The van der Waals surface area contributed by atoms with Crippen molar-refractivity contribution in [3.05, 3.63) is 67.3 Å². The molecule has 3 heterocycles. The van der Waals surface area contributed by atoms with Crippen molar-refractivity contribution < 1.29 is 22.0 Å². The van der Waals surface area contributed by atoms with Crippen LogP contribution in [-0.4, -0.2) is 45.5 Å². The maximum Gasteiger partial charge on any atom is 0.389 e. The molecule has 4 aromatic rings. The smallest absolute Gasteiger partial charge is 0.323 e. The van der Waals surface area contributed by atoms with Gasteiger partial charge in [-0.25, -0.2) is 13.6 Å². The summed E-state index contributed by atoms with van der Waals surface area (Å²) in [4.78, 5) is 33.3. The third kappa shape index (κ3) is 5.78. The van der Waals surface area contributed by atoms with Crippen LogP contribution in [0.4, 0.5) is 22.0 Å². The molecule has 0 spiro atoms. The molecule has 36 heavy (non-hydrogen) atoms. The van der Waals surface area contributed by atoms with Gasteiger partial charge in [-0.2, -0.15) is 23.0 Å². The highest BCUT2D eigenvalue weighted by Crippen LogP contribution is 2.22. The number of halogens is 6. The molecule has 1 aromatic carbocycles. The number of nitrogens with one attached hydrogen (secondary N) is 1. The summed E-state index contributed by atoms with van der Waals surface area (Å²) in [5.74, 6) is -1.72. The first kappa shape index (κ1) is 25.5. The largest absolute Gasteiger partial charge is 0.389 e. The molecule has 0 saturated carbocycles. The van der Waals surface area contributed by atoms with E-state index in [2.05, 4.69) is 25.4 Å². The Kier molecular flexibility index (Phi) is 7.19. The van der Waals surface area contributed by atoms with Gasteiger partial charge in [-0.15, -0.1) is 10.2 Å². The third-order valence-electron chi connectivity index (χ3n) is 5.25. The summed E-state index contributed by atoms with van der Waals surface area (Å²) in [7, 11) is 0. The molecule has 0 aliphatic heterocycles. The van der Waals surface area contributed by atoms with Crippen LogP contribution < -0.4 is 11.2 Å². The molecule has 1 N–H and O–H groups in total. The average molecular weight is 533 g/mol. The van der Waals surface area contributed by atoms with Gasteiger partial charge in [0.2, 0.25) is 5.28 Å². The van der Waals surface area contributed by atoms with Crippen LogP contribution in [0.15, 0.2) is 27.8 Å². The van der Waals surface area contributed by atoms with Crippen LogP contribution in [-0.2, 0) is 26.1 Å². The van der Waals surface area contributed by atoms with Crippen molar-refractivity contribution >= 4 is 22.8 Å². The van der Waals surface area contributed by atoms with Crippen LogP contribution in [0.5, 0.6) is 0 Å². The fraction of sp³-hybridized carbons (Fsp3) is 0.400. The Morgan fingerprint density at radius 1 is 1.00 bits per heavy atom. The number of aromatic nitrogens is 8. The van der Waals surface area contributed by atoms with Crippen LogP contribution in [0.1, 0.15) is 30.7 Å². The Morgan fingerprint density at radius 3 is 2.47 bits per heavy atom. The number of benzene rings is 1. The predicted octanol–water partition coefficient (Wildman–Crippen LogP) is 2.83. The molecular weight excluding hydrogens is 515 g/mol. The maximum atomic E-state index is 13.4. The Labute approximate surface area is 203 Å². The van der Waals surface area contributed by atoms with Gasteiger partial charge in [-0.1, -0.05) is 6.07 Å². The van der Waals surface area contributed by atoms with E-state index in [1.165, 1.54) is 10.9 Å². The average Bonchev–Trinajstić information content (AvgIpc) is 3.41. The van der Waals surface area contributed by atoms with E-state index in [4.69, 9.17) is 11.6 Å². The lowest BCUT2D eigenvalue weighted by molar-refractivity contribution is -0.135. The Balaban J connectivity index is 1.47. The predicted molar refractivity (Wildman–Crippen MR) is 117 cm³/mol. The van der Waals surface area contributed by atoms with E-state index < -0.39 is 35.5 Å². The molecule has 0 aliphatic carbocycles. The lowest BCUT2D eigenvalue weighted by Gasteiger charge is -2.12. The number of fused-ring (bicyclic) bond motifs is 1. The van der Waals surface area contributed by atoms with Crippen LogP contribution in [0, 0.1) is 11.6 Å². The normalized spacial score (nSPS) is 12.1. The van der Waals surface area contributed by atoms with Gasteiger partial charge >= 0.3 is 11.9 Å². The van der Waals surface area contributed by atoms with Crippen LogP contribution in [0.2, 0.25) is 5.28 Å². The molecule has 0 fully saturated rings. The molecule has 0 aliphatic rings. The number of tetrazole rings is 1. The Morgan fingerprint density at radius 2 is 1.75 bits per heavy atom. The van der Waals surface area contributed by atoms with Gasteiger partial charge in [0, 0.05) is 25.9 Å². The van der Waals surface area contributed by atoms with Gasteiger partial charge in [-0.05, 0) is 47.4 Å². The lowest BCUT2D eigenvalue weighted by Crippen LogP contribution is -2.40. The second kappa shape index (κ2) is 10.2. The van der Waals surface area contributed by atoms with Gasteiger partial charge < -0.3 is 4.98 Å². The van der Waals surface area contributed by atoms with E-state index in [-0.39, 0.29) is 61.2 Å². The highest BCUT2D eigenvalue weighted by Gasteiger charge is 2.27. The SMILES string of the molecule is O=c1c2[nH]c(Cl)nc2n(CCCC(F)(F)F)c(=O)n1CCCn1nnc(Cc2ccc(F)c(F)c2)n1. The maximum absolute atomic E-state index is 13.4. The number of H-pyrrole nitrogens is 1. The summed E-state index contributed by atoms with van der Waals surface area (Å²) >= 11 is 5.82. The fourth-order valence-electron chi connectivity index (χ4n) is 3.62. The molecule has 10 nitrogen and oxygen atoms in total. The van der Waals surface area contributed by atoms with E-state index in [0.29, 0.717) is 5.56 Å². The van der Waals surface area contributed by atoms with Crippen LogP contribution in [0.25, 0.3) is 11.2 Å². The Hall–Kier alpha value is -3.62. The molecule has 0 unspecified atom stereocenters. The number of hydrogen-bond donors (Lipinski definition) is 1. The molecule has 0 amide bonds. The molecule has 16 heteroatoms. The second-order valence-electron chi connectivity index (χ2n) is 7.92. The minimum Gasteiger partial charge on any atom is -0.323 e. The van der Waals surface area contributed by atoms with E-state index in [9.17, 15) is 31.5 Å². The zero-order valence-electron chi connectivity index (χ0n) is 18.4. The topological polar surface area (TPSA) is 116 Å². The first-order valence-corrected chi connectivity index (χ1v) is 11.1. The summed E-state index contributed by atoms with van der Waals surface area (Å²) in [6, 6.07) is 3.41. The van der Waals surface area contributed by atoms with Crippen molar-refractivity contribution in [2.24, 2.45) is 0 Å². The molecule has 4 rings (SSSR count). The van der Waals surface area contributed by atoms with Crippen molar-refractivity contribution in [3.63, 3.8) is 0 Å². The zero-order chi connectivity index (χ0) is 26.0. The quantitative estimate of drug-likeness (QED) is 0.262. The first-order valence-electron chi connectivity index (χ1n) is 10.7. The molecule has 0 bridgehead atoms. The number of imidazole rings is 1. The van der Waals surface area contributed by atoms with Gasteiger partial charge in [0.25, 0.3) is 5.56 Å². The number of nitrogens with zero attached hydrogens (tertiary/aromatic N) is 7. The number of hydrogen-bond acceptors (Lipinski definition) is 6. The van der Waals surface area contributed by atoms with Crippen molar-refractivity contribution in [2.75, 3.05) is 0 Å². The highest BCUT2D eigenvalue weighted by molar-refractivity contribution is 6.28. The molecule has 0 atom stereocenters. The van der Waals surface area contributed by atoms with Gasteiger partial charge in [0.05, 0.1) is 6.54 Å². The van der Waals surface area contributed by atoms with Crippen molar-refractivity contribution in [1.29, 1.82) is 0 Å². The van der Waals surface area contributed by atoms with Gasteiger partial charge in [-0.3, -0.25) is 13.9 Å². The van der Waals surface area contributed by atoms with Crippen molar-refractivity contribution in [3.8, 4) is 0 Å². The summed E-state index contributed by atoms with van der Waals surface area (Å²) in [5, 5.41) is 11.7. The summed E-state index contributed by atoms with van der Waals surface area (Å²) in [5.41, 5.74) is -1.30. The van der Waals surface area contributed by atoms with Gasteiger partial charge in [0.1, 0.15) is 0 Å². The van der Waals surface area contributed by atoms with E-state index in [1.807, 2.05) is 0 Å². The van der Waals surface area contributed by atoms with E-state index in [0.717, 1.165) is 21.3 Å². The monoisotopic (exact) mass is 532 g/mol. The standard InChI is InChI=1S/C20H18ClF5N8O2/c21-18-27-15-16(28-18)32(6-1-5-20(24,25)26)19(36)33(17(15)35)7-2-8-34-30-14(29-31-34)10-11-3-4-12(22)13(23)9-11/h3-4,9H,1-2,5-8,10H2,(H,27,28). The second-order valence-corrected chi connectivity index (χ2v) is 8.27. The number of rotatable bonds is 9. The van der Waals surface area contributed by atoms with Crippen LogP contribution in [0.3, 0.4) is 0 Å². The molecule has 192 valence electrons. The molecular formula is C20H18ClF5N8O2. The first-order chi connectivity index (χ1) is 17.0. The molecule has 0 saturated heterocycles. The minimum absolute atomic E-state index is 0.0937. The summed E-state index contributed by atoms with van der Waals surface area (Å²) in [6.07, 6.45) is -5.58. The van der Waals surface area contributed by atoms with Gasteiger partial charge in [0.15, 0.2) is 28.6 Å². The van der Waals surface area contributed by atoms with E-state index >= 15 is 0 Å². The van der Waals surface area contributed by atoms with Crippen molar-refractivity contribution in [2.45, 2.75) is 51.5 Å². The van der Waals surface area contributed by atoms with E-state index in [1.54, 1.807) is 0 Å². The summed E-state index contributed by atoms with van der Waals surface area (Å²) < 4.78 is 66.0. The number of aryl methyl sites for hydroxylation is 2. The number of alkyl halides is 3. The minimum atomic E-state index is -4.39. The van der Waals surface area contributed by atoms with Crippen LogP contribution >= 0.6 is 11.6 Å².